The number of fused-ring (bicyclic) bond motifs is 1. The molecule has 1 aliphatic carbocycles. The minimum absolute atomic E-state index is 0.120. The molecule has 4 rings (SSSR count). The summed E-state index contributed by atoms with van der Waals surface area (Å²) in [6, 6.07) is 5.52. The van der Waals surface area contributed by atoms with Gasteiger partial charge in [0, 0.05) is 18.0 Å². The fourth-order valence-corrected chi connectivity index (χ4v) is 7.31. The Hall–Kier alpha value is -2.76. The van der Waals surface area contributed by atoms with Gasteiger partial charge in [-0.3, -0.25) is 9.59 Å². The molecule has 2 aromatic rings. The summed E-state index contributed by atoms with van der Waals surface area (Å²) in [6.45, 7) is 0.436. The van der Waals surface area contributed by atoms with E-state index in [9.17, 15) is 22.8 Å². The molecule has 2 aliphatic rings. The highest BCUT2D eigenvalue weighted by atomic mass is 32.2. The van der Waals surface area contributed by atoms with Crippen molar-refractivity contribution in [2.24, 2.45) is 5.73 Å². The van der Waals surface area contributed by atoms with E-state index in [0.29, 0.717) is 23.7 Å². The third-order valence-electron chi connectivity index (χ3n) is 6.30. The van der Waals surface area contributed by atoms with Crippen molar-refractivity contribution < 1.29 is 27.5 Å². The summed E-state index contributed by atoms with van der Waals surface area (Å²) in [5.41, 5.74) is 6.91. The Balaban J connectivity index is 1.36. The van der Waals surface area contributed by atoms with Crippen LogP contribution in [0.4, 0.5) is 5.00 Å². The lowest BCUT2D eigenvalue weighted by Crippen LogP contribution is -2.31. The van der Waals surface area contributed by atoms with Crippen LogP contribution in [0.2, 0.25) is 0 Å². The highest BCUT2D eigenvalue weighted by molar-refractivity contribution is 7.89. The van der Waals surface area contributed by atoms with Crippen molar-refractivity contribution in [3.8, 4) is 0 Å². The molecule has 3 N–H and O–H groups in total. The molecule has 0 bridgehead atoms. The number of aryl methyl sites for hydroxylation is 1. The third kappa shape index (κ3) is 5.74. The molecular weight excluding hydrogens is 490 g/mol. The number of rotatable bonds is 7. The quantitative estimate of drug-likeness (QED) is 0.540. The van der Waals surface area contributed by atoms with Gasteiger partial charge in [-0.25, -0.2) is 13.2 Å². The molecule has 1 aromatic carbocycles. The molecule has 1 saturated heterocycles. The molecule has 2 heterocycles. The van der Waals surface area contributed by atoms with Gasteiger partial charge in [0.05, 0.1) is 16.0 Å². The second kappa shape index (κ2) is 10.9. The Morgan fingerprint density at radius 3 is 2.29 bits per heavy atom. The lowest BCUT2D eigenvalue weighted by atomic mass is 9.95. The maximum Gasteiger partial charge on any atom is 0.338 e. The van der Waals surface area contributed by atoms with E-state index in [2.05, 4.69) is 5.32 Å². The molecule has 11 heteroatoms. The van der Waals surface area contributed by atoms with Crippen molar-refractivity contribution >= 4 is 44.1 Å². The summed E-state index contributed by atoms with van der Waals surface area (Å²) in [4.78, 5) is 37.9. The van der Waals surface area contributed by atoms with Crippen molar-refractivity contribution in [1.82, 2.24) is 4.31 Å². The van der Waals surface area contributed by atoms with E-state index in [1.807, 2.05) is 0 Å². The number of carbonyl (C=O) groups is 3. The number of ether oxygens (including phenoxy) is 1. The van der Waals surface area contributed by atoms with Crippen LogP contribution in [-0.2, 0) is 32.4 Å². The average molecular weight is 520 g/mol. The summed E-state index contributed by atoms with van der Waals surface area (Å²) in [7, 11) is -3.62. The fraction of sp³-hybridized carbons (Fsp3) is 0.458. The number of hydrogen-bond donors (Lipinski definition) is 2. The van der Waals surface area contributed by atoms with Crippen molar-refractivity contribution in [2.45, 2.75) is 56.3 Å². The summed E-state index contributed by atoms with van der Waals surface area (Å²) in [5.74, 6) is -1.92. The number of anilines is 1. The number of benzene rings is 1. The number of nitrogens with two attached hydrogens (primary N) is 1. The van der Waals surface area contributed by atoms with E-state index < -0.39 is 34.4 Å². The van der Waals surface area contributed by atoms with Gasteiger partial charge in [-0.05, 0) is 68.4 Å². The number of carbonyl (C=O) groups excluding carboxylic acids is 3. The highest BCUT2D eigenvalue weighted by Gasteiger charge is 2.27. The molecule has 2 amide bonds. The van der Waals surface area contributed by atoms with Gasteiger partial charge >= 0.3 is 5.97 Å². The highest BCUT2D eigenvalue weighted by Crippen LogP contribution is 2.37. The Morgan fingerprint density at radius 2 is 1.63 bits per heavy atom. The van der Waals surface area contributed by atoms with Gasteiger partial charge in [-0.15, -0.1) is 11.3 Å². The van der Waals surface area contributed by atoms with Gasteiger partial charge in [0.25, 0.3) is 11.8 Å². The second-order valence-electron chi connectivity index (χ2n) is 8.75. The number of primary amides is 1. The predicted octanol–water partition coefficient (Wildman–Crippen LogP) is 3.09. The zero-order chi connectivity index (χ0) is 25.0. The van der Waals surface area contributed by atoms with Gasteiger partial charge in [0.1, 0.15) is 5.00 Å². The fourth-order valence-electron chi connectivity index (χ4n) is 4.49. The van der Waals surface area contributed by atoms with E-state index in [1.54, 1.807) is 0 Å². The van der Waals surface area contributed by atoms with E-state index in [4.69, 9.17) is 10.5 Å². The van der Waals surface area contributed by atoms with Crippen LogP contribution in [0, 0.1) is 0 Å². The lowest BCUT2D eigenvalue weighted by Gasteiger charge is -2.19. The molecule has 0 saturated carbocycles. The summed E-state index contributed by atoms with van der Waals surface area (Å²) < 4.78 is 32.4. The molecule has 0 unspecified atom stereocenters. The van der Waals surface area contributed by atoms with Gasteiger partial charge in [-0.1, -0.05) is 12.8 Å². The zero-order valence-corrected chi connectivity index (χ0v) is 21.0. The largest absolute Gasteiger partial charge is 0.452 e. The molecule has 0 spiro atoms. The number of thiophene rings is 1. The van der Waals surface area contributed by atoms with Gasteiger partial charge in [0.2, 0.25) is 10.0 Å². The third-order valence-corrected chi connectivity index (χ3v) is 9.42. The molecule has 0 radical (unpaired) electrons. The van der Waals surface area contributed by atoms with E-state index >= 15 is 0 Å². The maximum absolute atomic E-state index is 12.9. The minimum Gasteiger partial charge on any atom is -0.452 e. The first-order chi connectivity index (χ1) is 16.8. The standard InChI is InChI=1S/C24H29N3O6S2/c25-22(29)21-18-7-3-4-8-19(18)34-23(21)26-20(28)15-33-24(30)16-9-11-17(12-10-16)35(31,32)27-13-5-1-2-6-14-27/h9-12H,1-8,13-15H2,(H2,25,29)(H,26,28). The van der Waals surface area contributed by atoms with Crippen molar-refractivity contribution in [3.63, 3.8) is 0 Å². The van der Waals surface area contributed by atoms with Crippen LogP contribution in [0.15, 0.2) is 29.2 Å². The number of amides is 2. The minimum atomic E-state index is -3.62. The van der Waals surface area contributed by atoms with Crippen LogP contribution >= 0.6 is 11.3 Å². The molecule has 1 aromatic heterocycles. The molecule has 35 heavy (non-hydrogen) atoms. The number of nitrogens with one attached hydrogen (secondary N) is 1. The first-order valence-corrected chi connectivity index (χ1v) is 14.0. The molecule has 188 valence electrons. The van der Waals surface area contributed by atoms with Crippen LogP contribution in [0.25, 0.3) is 0 Å². The summed E-state index contributed by atoms with van der Waals surface area (Å²) in [6.07, 6.45) is 7.28. The zero-order valence-electron chi connectivity index (χ0n) is 19.4. The van der Waals surface area contributed by atoms with Crippen LogP contribution < -0.4 is 11.1 Å². The van der Waals surface area contributed by atoms with E-state index in [1.165, 1.54) is 39.9 Å². The number of esters is 1. The van der Waals surface area contributed by atoms with Crippen LogP contribution in [-0.4, -0.2) is 50.2 Å². The summed E-state index contributed by atoms with van der Waals surface area (Å²) >= 11 is 1.33. The molecular formula is C24H29N3O6S2. The Bertz CT molecular complexity index is 1210. The second-order valence-corrected chi connectivity index (χ2v) is 11.8. The average Bonchev–Trinajstić information content (AvgIpc) is 3.00. The normalized spacial score (nSPS) is 16.7. The van der Waals surface area contributed by atoms with Crippen molar-refractivity contribution in [1.29, 1.82) is 0 Å². The molecule has 0 atom stereocenters. The molecule has 1 aliphatic heterocycles. The Kier molecular flexibility index (Phi) is 7.88. The lowest BCUT2D eigenvalue weighted by molar-refractivity contribution is -0.119. The molecule has 1 fully saturated rings. The Morgan fingerprint density at radius 1 is 0.971 bits per heavy atom. The Labute approximate surface area is 208 Å². The van der Waals surface area contributed by atoms with E-state index in [-0.39, 0.29) is 10.5 Å². The molecule has 9 nitrogen and oxygen atoms in total. The SMILES string of the molecule is NC(=O)c1c(NC(=O)COC(=O)c2ccc(S(=O)(=O)N3CCCCCC3)cc2)sc2c1CCCC2. The maximum atomic E-state index is 12.9. The smallest absolute Gasteiger partial charge is 0.338 e. The van der Waals surface area contributed by atoms with Crippen molar-refractivity contribution in [3.05, 3.63) is 45.8 Å². The summed E-state index contributed by atoms with van der Waals surface area (Å²) in [5, 5.41) is 3.03. The van der Waals surface area contributed by atoms with Crippen molar-refractivity contribution in [2.75, 3.05) is 25.0 Å². The monoisotopic (exact) mass is 519 g/mol. The predicted molar refractivity (Wildman–Crippen MR) is 132 cm³/mol. The van der Waals surface area contributed by atoms with Crippen LogP contribution in [0.5, 0.6) is 0 Å². The van der Waals surface area contributed by atoms with Crippen LogP contribution in [0.3, 0.4) is 0 Å². The van der Waals surface area contributed by atoms with Crippen LogP contribution in [0.1, 0.15) is 69.7 Å². The number of hydrogen-bond acceptors (Lipinski definition) is 7. The topological polar surface area (TPSA) is 136 Å². The van der Waals surface area contributed by atoms with Gasteiger partial charge in [0.15, 0.2) is 6.61 Å². The number of nitrogens with zero attached hydrogens (tertiary/aromatic N) is 1. The van der Waals surface area contributed by atoms with E-state index in [0.717, 1.165) is 61.8 Å². The van der Waals surface area contributed by atoms with Gasteiger partial charge in [-0.2, -0.15) is 4.31 Å². The number of sulfonamides is 1. The first kappa shape index (κ1) is 25.3. The first-order valence-electron chi connectivity index (χ1n) is 11.8. The van der Waals surface area contributed by atoms with Gasteiger partial charge < -0.3 is 15.8 Å².